The van der Waals surface area contributed by atoms with Crippen molar-refractivity contribution in [3.8, 4) is 0 Å². The van der Waals surface area contributed by atoms with Gasteiger partial charge in [-0.15, -0.1) is 0 Å². The van der Waals surface area contributed by atoms with Gasteiger partial charge in [0, 0.05) is 17.4 Å². The molecule has 0 aliphatic heterocycles. The zero-order valence-corrected chi connectivity index (χ0v) is 10.2. The average molecular weight is 280 g/mol. The quantitative estimate of drug-likeness (QED) is 0.788. The van der Waals surface area contributed by atoms with Crippen molar-refractivity contribution in [1.82, 2.24) is 0 Å². The Morgan fingerprint density at radius 2 is 2.06 bits per heavy atom. The molecular weight excluding hydrogens is 271 g/mol. The van der Waals surface area contributed by atoms with Gasteiger partial charge in [-0.1, -0.05) is 17.7 Å². The SMILES string of the molecule is O=C([O-])CCS(=O)(=O)Cc1ccc(F)cc1Cl. The van der Waals surface area contributed by atoms with Gasteiger partial charge < -0.3 is 9.90 Å². The fraction of sp³-hybridized carbons (Fsp3) is 0.300. The highest BCUT2D eigenvalue weighted by Gasteiger charge is 2.14. The number of carboxylic acids is 1. The van der Waals surface area contributed by atoms with E-state index < -0.39 is 39.6 Å². The second kappa shape index (κ2) is 5.46. The van der Waals surface area contributed by atoms with E-state index in [1.807, 2.05) is 0 Å². The van der Waals surface area contributed by atoms with E-state index in [2.05, 4.69) is 0 Å². The Morgan fingerprint density at radius 1 is 1.41 bits per heavy atom. The Balaban J connectivity index is 2.79. The Morgan fingerprint density at radius 3 is 2.59 bits per heavy atom. The first-order valence-electron chi connectivity index (χ1n) is 4.64. The number of hydrogen-bond acceptors (Lipinski definition) is 4. The number of sulfone groups is 1. The molecule has 0 bridgehead atoms. The number of hydrogen-bond donors (Lipinski definition) is 0. The second-order valence-corrected chi connectivity index (χ2v) is 6.04. The van der Waals surface area contributed by atoms with Crippen molar-refractivity contribution in [3.05, 3.63) is 34.6 Å². The lowest BCUT2D eigenvalue weighted by Gasteiger charge is -2.06. The van der Waals surface area contributed by atoms with Crippen molar-refractivity contribution in [2.75, 3.05) is 5.75 Å². The average Bonchev–Trinajstić information content (AvgIpc) is 2.20. The molecule has 0 spiro atoms. The number of aliphatic carboxylic acids is 1. The molecule has 0 N–H and O–H groups in total. The van der Waals surface area contributed by atoms with E-state index in [4.69, 9.17) is 11.6 Å². The predicted molar refractivity (Wildman–Crippen MR) is 58.5 cm³/mol. The third-order valence-corrected chi connectivity index (χ3v) is 3.94. The molecule has 1 aromatic carbocycles. The van der Waals surface area contributed by atoms with Crippen LogP contribution in [0.15, 0.2) is 18.2 Å². The maximum Gasteiger partial charge on any atom is 0.154 e. The van der Waals surface area contributed by atoms with Crippen LogP contribution in [0.3, 0.4) is 0 Å². The van der Waals surface area contributed by atoms with E-state index in [-0.39, 0.29) is 10.6 Å². The number of carbonyl (C=O) groups is 1. The lowest BCUT2D eigenvalue weighted by Crippen LogP contribution is -2.25. The summed E-state index contributed by atoms with van der Waals surface area (Å²) in [7, 11) is -3.59. The first-order chi connectivity index (χ1) is 7.80. The van der Waals surface area contributed by atoms with E-state index in [0.717, 1.165) is 12.1 Å². The van der Waals surface area contributed by atoms with E-state index in [0.29, 0.717) is 0 Å². The van der Waals surface area contributed by atoms with E-state index in [1.54, 1.807) is 0 Å². The molecule has 0 aliphatic rings. The summed E-state index contributed by atoms with van der Waals surface area (Å²) < 4.78 is 35.7. The van der Waals surface area contributed by atoms with Gasteiger partial charge in [0.05, 0.1) is 11.5 Å². The molecule has 0 aliphatic carbocycles. The fourth-order valence-corrected chi connectivity index (χ4v) is 2.85. The lowest BCUT2D eigenvalue weighted by molar-refractivity contribution is -0.305. The van der Waals surface area contributed by atoms with Crippen molar-refractivity contribution in [2.45, 2.75) is 12.2 Å². The number of halogens is 2. The molecule has 0 fully saturated rings. The van der Waals surface area contributed by atoms with Crippen LogP contribution in [-0.2, 0) is 20.4 Å². The van der Waals surface area contributed by atoms with E-state index in [1.165, 1.54) is 6.07 Å². The molecule has 0 heterocycles. The molecule has 94 valence electrons. The number of rotatable bonds is 5. The van der Waals surface area contributed by atoms with Gasteiger partial charge in [-0.25, -0.2) is 12.8 Å². The number of carbonyl (C=O) groups excluding carboxylic acids is 1. The molecule has 0 atom stereocenters. The van der Waals surface area contributed by atoms with E-state index in [9.17, 15) is 22.7 Å². The molecule has 0 radical (unpaired) electrons. The highest BCUT2D eigenvalue weighted by atomic mass is 35.5. The molecule has 0 saturated carbocycles. The Labute approximate surface area is 103 Å². The van der Waals surface area contributed by atoms with Crippen LogP contribution in [0.1, 0.15) is 12.0 Å². The summed E-state index contributed by atoms with van der Waals surface area (Å²) in [5, 5.41) is 10.2. The van der Waals surface area contributed by atoms with Gasteiger partial charge in [-0.2, -0.15) is 0 Å². The van der Waals surface area contributed by atoms with Gasteiger partial charge in [0.25, 0.3) is 0 Å². The third-order valence-electron chi connectivity index (χ3n) is 2.01. The summed E-state index contributed by atoms with van der Waals surface area (Å²) >= 11 is 5.67. The van der Waals surface area contributed by atoms with Crippen LogP contribution in [0.4, 0.5) is 4.39 Å². The largest absolute Gasteiger partial charge is 0.550 e. The van der Waals surface area contributed by atoms with Crippen molar-refractivity contribution in [3.63, 3.8) is 0 Å². The summed E-state index contributed by atoms with van der Waals surface area (Å²) in [6.45, 7) is 0. The maximum absolute atomic E-state index is 12.7. The molecule has 1 aromatic rings. The molecule has 0 amide bonds. The highest BCUT2D eigenvalue weighted by Crippen LogP contribution is 2.20. The standard InChI is InChI=1S/C10H10ClFO4S/c11-9-5-8(12)2-1-7(9)6-17(15,16)4-3-10(13)14/h1-2,5H,3-4,6H2,(H,13,14)/p-1. The second-order valence-electron chi connectivity index (χ2n) is 3.45. The summed E-state index contributed by atoms with van der Waals surface area (Å²) in [6, 6.07) is 3.36. The molecule has 7 heteroatoms. The Kier molecular flexibility index (Phi) is 4.47. The normalized spacial score (nSPS) is 11.4. The van der Waals surface area contributed by atoms with Crippen LogP contribution in [0, 0.1) is 5.82 Å². The molecule has 0 aromatic heterocycles. The van der Waals surface area contributed by atoms with Crippen LogP contribution >= 0.6 is 11.6 Å². The van der Waals surface area contributed by atoms with Gasteiger partial charge in [0.2, 0.25) is 0 Å². The van der Waals surface area contributed by atoms with Crippen molar-refractivity contribution in [2.24, 2.45) is 0 Å². The minimum Gasteiger partial charge on any atom is -0.550 e. The van der Waals surface area contributed by atoms with Crippen molar-refractivity contribution < 1.29 is 22.7 Å². The lowest BCUT2D eigenvalue weighted by atomic mass is 10.2. The maximum atomic E-state index is 12.7. The molecule has 0 unspecified atom stereocenters. The van der Waals surface area contributed by atoms with Crippen LogP contribution in [0.5, 0.6) is 0 Å². The smallest absolute Gasteiger partial charge is 0.154 e. The van der Waals surface area contributed by atoms with Gasteiger partial charge >= 0.3 is 0 Å². The summed E-state index contributed by atoms with van der Waals surface area (Å²) in [5.41, 5.74) is 0.242. The number of carboxylic acid groups (broad SMARTS) is 1. The summed E-state index contributed by atoms with van der Waals surface area (Å²) in [4.78, 5) is 10.2. The zero-order chi connectivity index (χ0) is 13.1. The number of benzene rings is 1. The monoisotopic (exact) mass is 279 g/mol. The molecular formula is C10H9ClFO4S-. The highest BCUT2D eigenvalue weighted by molar-refractivity contribution is 7.90. The molecule has 0 saturated heterocycles. The minimum absolute atomic E-state index is 0.00188. The zero-order valence-electron chi connectivity index (χ0n) is 8.65. The third kappa shape index (κ3) is 4.70. The van der Waals surface area contributed by atoms with Gasteiger partial charge in [0.1, 0.15) is 5.82 Å². The van der Waals surface area contributed by atoms with Crippen LogP contribution in [0.25, 0.3) is 0 Å². The first-order valence-corrected chi connectivity index (χ1v) is 6.84. The van der Waals surface area contributed by atoms with Gasteiger partial charge in [-0.3, -0.25) is 0 Å². The van der Waals surface area contributed by atoms with Crippen LogP contribution in [-0.4, -0.2) is 20.1 Å². The van der Waals surface area contributed by atoms with Gasteiger partial charge in [0.15, 0.2) is 9.84 Å². The summed E-state index contributed by atoms with van der Waals surface area (Å²) in [6.07, 6.45) is -0.568. The topological polar surface area (TPSA) is 74.3 Å². The van der Waals surface area contributed by atoms with Crippen molar-refractivity contribution in [1.29, 1.82) is 0 Å². The predicted octanol–water partition coefficient (Wildman–Crippen LogP) is 0.534. The van der Waals surface area contributed by atoms with Crippen LogP contribution < -0.4 is 5.11 Å². The van der Waals surface area contributed by atoms with Crippen LogP contribution in [0.2, 0.25) is 5.02 Å². The Hall–Kier alpha value is -1.14. The van der Waals surface area contributed by atoms with E-state index >= 15 is 0 Å². The van der Waals surface area contributed by atoms with Gasteiger partial charge in [-0.05, 0) is 17.7 Å². The minimum atomic E-state index is -3.59. The fourth-order valence-electron chi connectivity index (χ4n) is 1.19. The van der Waals surface area contributed by atoms with Crippen molar-refractivity contribution >= 4 is 27.4 Å². The molecule has 4 nitrogen and oxygen atoms in total. The summed E-state index contributed by atoms with van der Waals surface area (Å²) in [5.74, 6) is -2.94. The Bertz CT molecular complexity index is 527. The molecule has 17 heavy (non-hydrogen) atoms. The molecule has 1 rings (SSSR count). The first kappa shape index (κ1) is 13.9.